The minimum atomic E-state index is -0.434. The lowest BCUT2D eigenvalue weighted by Crippen LogP contribution is -2.21. The lowest BCUT2D eigenvalue weighted by atomic mass is 10.0. The van der Waals surface area contributed by atoms with Crippen molar-refractivity contribution in [3.63, 3.8) is 0 Å². The molecule has 0 aliphatic heterocycles. The fourth-order valence-corrected chi connectivity index (χ4v) is 3.10. The number of hydrogen-bond acceptors (Lipinski definition) is 3. The quantitative estimate of drug-likeness (QED) is 0.793. The number of nitrogens with zero attached hydrogens (tertiary/aromatic N) is 1. The summed E-state index contributed by atoms with van der Waals surface area (Å²) >= 11 is 6.98. The van der Waals surface area contributed by atoms with Crippen LogP contribution >= 0.6 is 31.9 Å². The fourth-order valence-electron chi connectivity index (χ4n) is 1.63. The summed E-state index contributed by atoms with van der Waals surface area (Å²) in [5.41, 5.74) is 7.11. The average molecular weight is 390 g/mol. The molecule has 0 amide bonds. The van der Waals surface area contributed by atoms with Crippen molar-refractivity contribution in [1.82, 2.24) is 0 Å². The Bertz CT molecular complexity index is 448. The van der Waals surface area contributed by atoms with Crippen LogP contribution in [-0.2, 0) is 6.42 Å². The summed E-state index contributed by atoms with van der Waals surface area (Å²) < 4.78 is 7.36. The Labute approximate surface area is 131 Å². The second kappa shape index (κ2) is 7.88. The zero-order chi connectivity index (χ0) is 14.4. The molecule has 0 bridgehead atoms. The molecule has 0 heterocycles. The van der Waals surface area contributed by atoms with Crippen molar-refractivity contribution in [2.75, 3.05) is 0 Å². The van der Waals surface area contributed by atoms with Gasteiger partial charge in [0.25, 0.3) is 0 Å². The Hall–Kier alpha value is -0.570. The number of benzene rings is 1. The van der Waals surface area contributed by atoms with Crippen molar-refractivity contribution in [3.05, 3.63) is 26.6 Å². The summed E-state index contributed by atoms with van der Waals surface area (Å²) in [7, 11) is 0. The molecule has 0 saturated carbocycles. The van der Waals surface area contributed by atoms with Crippen LogP contribution in [0.1, 0.15) is 32.3 Å². The molecule has 104 valence electrons. The Morgan fingerprint density at radius 1 is 1.26 bits per heavy atom. The van der Waals surface area contributed by atoms with Gasteiger partial charge < -0.3 is 10.5 Å². The number of nitriles is 1. The lowest BCUT2D eigenvalue weighted by molar-refractivity contribution is 0.248. The molecule has 2 atom stereocenters. The lowest BCUT2D eigenvalue weighted by Gasteiger charge is -2.16. The molecule has 2 N–H and O–H groups in total. The van der Waals surface area contributed by atoms with Crippen LogP contribution in [0.15, 0.2) is 21.1 Å². The Balaban J connectivity index is 2.94. The van der Waals surface area contributed by atoms with E-state index in [0.29, 0.717) is 12.2 Å². The first-order valence-electron chi connectivity index (χ1n) is 6.31. The molecular weight excluding hydrogens is 372 g/mol. The minimum absolute atomic E-state index is 0.160. The highest BCUT2D eigenvalue weighted by molar-refractivity contribution is 9.11. The molecule has 0 aliphatic carbocycles. The molecule has 2 unspecified atom stereocenters. The Morgan fingerprint density at radius 3 is 2.26 bits per heavy atom. The SMILES string of the molecule is CCC(N)Cc1cc(Br)c(OC(C#N)CC)c(Br)c1. The van der Waals surface area contributed by atoms with Gasteiger partial charge >= 0.3 is 0 Å². The van der Waals surface area contributed by atoms with Crippen molar-refractivity contribution >= 4 is 31.9 Å². The van der Waals surface area contributed by atoms with Crippen molar-refractivity contribution in [3.8, 4) is 11.8 Å². The third-order valence-electron chi connectivity index (χ3n) is 2.86. The maximum Gasteiger partial charge on any atom is 0.184 e. The monoisotopic (exact) mass is 388 g/mol. The third-order valence-corrected chi connectivity index (χ3v) is 4.03. The van der Waals surface area contributed by atoms with Gasteiger partial charge in [-0.1, -0.05) is 13.8 Å². The van der Waals surface area contributed by atoms with Gasteiger partial charge in [0.15, 0.2) is 6.10 Å². The van der Waals surface area contributed by atoms with Gasteiger partial charge in [-0.15, -0.1) is 0 Å². The topological polar surface area (TPSA) is 59.0 Å². The van der Waals surface area contributed by atoms with Crippen molar-refractivity contribution in [2.45, 2.75) is 45.3 Å². The van der Waals surface area contributed by atoms with Crippen LogP contribution in [0, 0.1) is 11.3 Å². The average Bonchev–Trinajstić information content (AvgIpc) is 2.38. The summed E-state index contributed by atoms with van der Waals surface area (Å²) in [6.07, 6.45) is 1.98. The molecule has 0 spiro atoms. The van der Waals surface area contributed by atoms with Gasteiger partial charge in [-0.25, -0.2) is 0 Å². The minimum Gasteiger partial charge on any atom is -0.473 e. The Kier molecular flexibility index (Phi) is 6.84. The zero-order valence-corrected chi connectivity index (χ0v) is 14.3. The predicted molar refractivity (Wildman–Crippen MR) is 84.1 cm³/mol. The number of nitrogens with two attached hydrogens (primary N) is 1. The van der Waals surface area contributed by atoms with E-state index >= 15 is 0 Å². The van der Waals surface area contributed by atoms with Crippen molar-refractivity contribution in [2.24, 2.45) is 5.73 Å². The van der Waals surface area contributed by atoms with Crippen LogP contribution < -0.4 is 10.5 Å². The van der Waals surface area contributed by atoms with Gasteiger partial charge in [-0.2, -0.15) is 5.26 Å². The second-order valence-corrected chi connectivity index (χ2v) is 6.11. The van der Waals surface area contributed by atoms with E-state index in [2.05, 4.69) is 44.9 Å². The molecule has 3 nitrogen and oxygen atoms in total. The maximum absolute atomic E-state index is 8.95. The van der Waals surface area contributed by atoms with Crippen LogP contribution in [0.5, 0.6) is 5.75 Å². The molecule has 0 fully saturated rings. The van der Waals surface area contributed by atoms with Gasteiger partial charge in [0.05, 0.1) is 8.95 Å². The summed E-state index contributed by atoms with van der Waals surface area (Å²) in [5, 5.41) is 8.95. The molecule has 0 radical (unpaired) electrons. The smallest absolute Gasteiger partial charge is 0.184 e. The van der Waals surface area contributed by atoms with Crippen LogP contribution in [0.4, 0.5) is 0 Å². The number of rotatable bonds is 6. The van der Waals surface area contributed by atoms with Gasteiger partial charge in [0.2, 0.25) is 0 Å². The van der Waals surface area contributed by atoms with E-state index in [4.69, 9.17) is 15.7 Å². The molecule has 0 aromatic heterocycles. The molecule has 1 rings (SSSR count). The van der Waals surface area contributed by atoms with E-state index in [1.165, 1.54) is 0 Å². The van der Waals surface area contributed by atoms with Crippen LogP contribution in [-0.4, -0.2) is 12.1 Å². The summed E-state index contributed by atoms with van der Waals surface area (Å²) in [5.74, 6) is 0.669. The summed E-state index contributed by atoms with van der Waals surface area (Å²) in [6.45, 7) is 4.00. The largest absolute Gasteiger partial charge is 0.473 e. The van der Waals surface area contributed by atoms with E-state index in [0.717, 1.165) is 27.4 Å². The number of halogens is 2. The standard InChI is InChI=1S/C14H18Br2N2O/c1-3-10(18)5-9-6-12(15)14(13(16)7-9)19-11(4-2)8-17/h6-7,10-11H,3-5,18H2,1-2H3. The van der Waals surface area contributed by atoms with Gasteiger partial charge in [0.1, 0.15) is 11.8 Å². The molecular formula is C14H18Br2N2O. The van der Waals surface area contributed by atoms with Crippen LogP contribution in [0.25, 0.3) is 0 Å². The van der Waals surface area contributed by atoms with Crippen LogP contribution in [0.2, 0.25) is 0 Å². The molecule has 5 heteroatoms. The highest BCUT2D eigenvalue weighted by Gasteiger charge is 2.14. The predicted octanol–water partition coefficient (Wildman–Crippen LogP) is 4.17. The number of hydrogen-bond donors (Lipinski definition) is 1. The van der Waals surface area contributed by atoms with Gasteiger partial charge in [-0.3, -0.25) is 0 Å². The molecule has 0 aliphatic rings. The summed E-state index contributed by atoms with van der Waals surface area (Å²) in [6, 6.07) is 6.29. The second-order valence-electron chi connectivity index (χ2n) is 4.40. The normalized spacial score (nSPS) is 13.7. The van der Waals surface area contributed by atoms with Gasteiger partial charge in [-0.05, 0) is 68.8 Å². The van der Waals surface area contributed by atoms with E-state index in [1.54, 1.807) is 0 Å². The highest BCUT2D eigenvalue weighted by atomic mass is 79.9. The summed E-state index contributed by atoms with van der Waals surface area (Å²) in [4.78, 5) is 0. The van der Waals surface area contributed by atoms with Crippen molar-refractivity contribution in [1.29, 1.82) is 5.26 Å². The first-order valence-corrected chi connectivity index (χ1v) is 7.90. The zero-order valence-electron chi connectivity index (χ0n) is 11.1. The Morgan fingerprint density at radius 2 is 1.84 bits per heavy atom. The molecule has 0 saturated heterocycles. The van der Waals surface area contributed by atoms with E-state index in [1.807, 2.05) is 19.1 Å². The van der Waals surface area contributed by atoms with Crippen LogP contribution in [0.3, 0.4) is 0 Å². The van der Waals surface area contributed by atoms with Crippen molar-refractivity contribution < 1.29 is 4.74 Å². The van der Waals surface area contributed by atoms with Gasteiger partial charge in [0, 0.05) is 6.04 Å². The van der Waals surface area contributed by atoms with E-state index < -0.39 is 6.10 Å². The first-order chi connectivity index (χ1) is 9.01. The number of ether oxygens (including phenoxy) is 1. The third kappa shape index (κ3) is 4.79. The van der Waals surface area contributed by atoms with E-state index in [-0.39, 0.29) is 6.04 Å². The first kappa shape index (κ1) is 16.5. The molecule has 19 heavy (non-hydrogen) atoms. The molecule has 1 aromatic rings. The van der Waals surface area contributed by atoms with E-state index in [9.17, 15) is 0 Å². The molecule has 1 aromatic carbocycles. The highest BCUT2D eigenvalue weighted by Crippen LogP contribution is 2.36. The maximum atomic E-state index is 8.95. The fraction of sp³-hybridized carbons (Fsp3) is 0.500.